The molecule has 0 aliphatic heterocycles. The molecule has 1 amide bonds. The minimum Gasteiger partial charge on any atom is -0.492 e. The van der Waals surface area contributed by atoms with E-state index in [1.54, 1.807) is 36.4 Å². The molecule has 3 aromatic rings. The van der Waals surface area contributed by atoms with E-state index in [1.165, 1.54) is 16.1 Å². The van der Waals surface area contributed by atoms with Gasteiger partial charge in [0.05, 0.1) is 25.0 Å². The van der Waals surface area contributed by atoms with Crippen LogP contribution >= 0.6 is 22.6 Å². The van der Waals surface area contributed by atoms with Gasteiger partial charge in [-0.25, -0.2) is 8.42 Å². The third kappa shape index (κ3) is 7.73. The highest BCUT2D eigenvalue weighted by atomic mass is 127. The van der Waals surface area contributed by atoms with Crippen molar-refractivity contribution in [3.05, 3.63) is 93.1 Å². The topological polar surface area (TPSA) is 75.7 Å². The van der Waals surface area contributed by atoms with E-state index in [4.69, 9.17) is 4.74 Å². The number of hydrogen-bond acceptors (Lipinski definition) is 4. The van der Waals surface area contributed by atoms with Crippen molar-refractivity contribution in [2.75, 3.05) is 23.7 Å². The van der Waals surface area contributed by atoms with Crippen LogP contribution in [0.5, 0.6) is 5.75 Å². The molecule has 34 heavy (non-hydrogen) atoms. The van der Waals surface area contributed by atoms with E-state index in [1.807, 2.05) is 24.3 Å². The van der Waals surface area contributed by atoms with E-state index >= 15 is 0 Å². The molecule has 0 aromatic heterocycles. The predicted octanol–water partition coefficient (Wildman–Crippen LogP) is 5.02. The standard InChI is InChI=1S/C26H29IN2O4S/c1-3-4-20-7-15-25(16-8-20)33-18-17-28-26(30)22-9-5-21(6-10-22)19-29(34(2,31)32)24-13-11-23(27)12-14-24/h5-16H,3-4,17-19H2,1-2H3,(H,28,30). The number of amides is 1. The minimum absolute atomic E-state index is 0.187. The van der Waals surface area contributed by atoms with E-state index in [0.717, 1.165) is 27.7 Å². The number of aryl methyl sites for hydroxylation is 1. The van der Waals surface area contributed by atoms with Gasteiger partial charge in [-0.2, -0.15) is 0 Å². The first-order valence-electron chi connectivity index (χ1n) is 11.1. The molecule has 0 unspecified atom stereocenters. The van der Waals surface area contributed by atoms with Crippen LogP contribution in [-0.4, -0.2) is 33.7 Å². The zero-order valence-electron chi connectivity index (χ0n) is 19.3. The van der Waals surface area contributed by atoms with E-state index in [2.05, 4.69) is 47.0 Å². The normalized spacial score (nSPS) is 11.1. The lowest BCUT2D eigenvalue weighted by Crippen LogP contribution is -2.29. The molecule has 0 bridgehead atoms. The van der Waals surface area contributed by atoms with Crippen molar-refractivity contribution in [2.24, 2.45) is 0 Å². The zero-order valence-corrected chi connectivity index (χ0v) is 22.3. The van der Waals surface area contributed by atoms with Gasteiger partial charge in [-0.1, -0.05) is 37.6 Å². The fourth-order valence-corrected chi connectivity index (χ4v) is 4.66. The molecule has 6 nitrogen and oxygen atoms in total. The molecular formula is C26H29IN2O4S. The molecule has 0 fully saturated rings. The SMILES string of the molecule is CCCc1ccc(OCCNC(=O)c2ccc(CN(c3ccc(I)cc3)S(C)(=O)=O)cc2)cc1. The van der Waals surface area contributed by atoms with Crippen molar-refractivity contribution in [3.8, 4) is 5.75 Å². The minimum atomic E-state index is -3.46. The Labute approximate surface area is 215 Å². The summed E-state index contributed by atoms with van der Waals surface area (Å²) in [7, 11) is -3.46. The second kappa shape index (κ2) is 12.2. The fraction of sp³-hybridized carbons (Fsp3) is 0.269. The fourth-order valence-electron chi connectivity index (χ4n) is 3.41. The van der Waals surface area contributed by atoms with Gasteiger partial charge < -0.3 is 10.1 Å². The van der Waals surface area contributed by atoms with E-state index in [9.17, 15) is 13.2 Å². The van der Waals surface area contributed by atoms with Crippen molar-refractivity contribution >= 4 is 44.2 Å². The van der Waals surface area contributed by atoms with Crippen molar-refractivity contribution in [2.45, 2.75) is 26.3 Å². The van der Waals surface area contributed by atoms with Crippen LogP contribution in [-0.2, 0) is 23.0 Å². The highest BCUT2D eigenvalue weighted by Crippen LogP contribution is 2.22. The first-order valence-corrected chi connectivity index (χ1v) is 14.0. The maximum absolute atomic E-state index is 12.4. The Bertz CT molecular complexity index is 1180. The number of carbonyl (C=O) groups is 1. The molecular weight excluding hydrogens is 563 g/mol. The van der Waals surface area contributed by atoms with Crippen molar-refractivity contribution in [1.82, 2.24) is 5.32 Å². The summed E-state index contributed by atoms with van der Waals surface area (Å²) in [6.07, 6.45) is 3.34. The molecule has 0 saturated carbocycles. The molecule has 0 atom stereocenters. The molecule has 0 radical (unpaired) electrons. The van der Waals surface area contributed by atoms with Crippen LogP contribution in [0.2, 0.25) is 0 Å². The van der Waals surface area contributed by atoms with Gasteiger partial charge in [-0.3, -0.25) is 9.10 Å². The Morgan fingerprint density at radius 3 is 2.15 bits per heavy atom. The number of rotatable bonds is 11. The second-order valence-corrected chi connectivity index (χ2v) is 11.1. The lowest BCUT2D eigenvalue weighted by Gasteiger charge is -2.22. The quantitative estimate of drug-likeness (QED) is 0.251. The Hall–Kier alpha value is -2.59. The number of halogens is 1. The molecule has 0 aliphatic carbocycles. The Morgan fingerprint density at radius 1 is 0.941 bits per heavy atom. The second-order valence-electron chi connectivity index (χ2n) is 7.94. The van der Waals surface area contributed by atoms with Gasteiger partial charge in [-0.05, 0) is 88.7 Å². The Balaban J connectivity index is 1.52. The summed E-state index contributed by atoms with van der Waals surface area (Å²) in [6, 6.07) is 22.3. The monoisotopic (exact) mass is 592 g/mol. The molecule has 180 valence electrons. The Kier molecular flexibility index (Phi) is 9.35. The van der Waals surface area contributed by atoms with Crippen LogP contribution in [0.3, 0.4) is 0 Å². The van der Waals surface area contributed by atoms with Gasteiger partial charge >= 0.3 is 0 Å². The lowest BCUT2D eigenvalue weighted by atomic mass is 10.1. The molecule has 0 aliphatic rings. The highest BCUT2D eigenvalue weighted by Gasteiger charge is 2.18. The molecule has 0 heterocycles. The predicted molar refractivity (Wildman–Crippen MR) is 145 cm³/mol. The number of carbonyl (C=O) groups excluding carboxylic acids is 1. The van der Waals surface area contributed by atoms with Crippen molar-refractivity contribution in [1.29, 1.82) is 0 Å². The first-order chi connectivity index (χ1) is 16.3. The van der Waals surface area contributed by atoms with Gasteiger partial charge in [0.2, 0.25) is 10.0 Å². The summed E-state index contributed by atoms with van der Waals surface area (Å²) in [5, 5.41) is 2.85. The molecule has 8 heteroatoms. The molecule has 3 aromatic carbocycles. The number of benzene rings is 3. The van der Waals surface area contributed by atoms with Crippen LogP contribution < -0.4 is 14.4 Å². The first kappa shape index (κ1) is 26.0. The van der Waals surface area contributed by atoms with Gasteiger partial charge in [0.15, 0.2) is 0 Å². The summed E-state index contributed by atoms with van der Waals surface area (Å²) in [4.78, 5) is 12.4. The third-order valence-electron chi connectivity index (χ3n) is 5.18. The van der Waals surface area contributed by atoms with E-state index < -0.39 is 10.0 Å². The van der Waals surface area contributed by atoms with E-state index in [-0.39, 0.29) is 12.5 Å². The average Bonchev–Trinajstić information content (AvgIpc) is 2.82. The number of nitrogens with zero attached hydrogens (tertiary/aromatic N) is 1. The van der Waals surface area contributed by atoms with Gasteiger partial charge in [-0.15, -0.1) is 0 Å². The maximum Gasteiger partial charge on any atom is 0.251 e. The number of nitrogens with one attached hydrogen (secondary N) is 1. The average molecular weight is 592 g/mol. The summed E-state index contributed by atoms with van der Waals surface area (Å²) in [5.74, 6) is 0.577. The third-order valence-corrected chi connectivity index (χ3v) is 7.04. The largest absolute Gasteiger partial charge is 0.492 e. The zero-order chi connectivity index (χ0) is 24.6. The van der Waals surface area contributed by atoms with Crippen LogP contribution in [0, 0.1) is 3.57 Å². The smallest absolute Gasteiger partial charge is 0.251 e. The molecule has 0 saturated heterocycles. The van der Waals surface area contributed by atoms with Gasteiger partial charge in [0.25, 0.3) is 5.91 Å². The summed E-state index contributed by atoms with van der Waals surface area (Å²) < 4.78 is 32.8. The maximum atomic E-state index is 12.4. The van der Waals surface area contributed by atoms with E-state index in [0.29, 0.717) is 24.4 Å². The number of ether oxygens (including phenoxy) is 1. The van der Waals surface area contributed by atoms with Gasteiger partial charge in [0.1, 0.15) is 12.4 Å². The molecule has 0 spiro atoms. The van der Waals surface area contributed by atoms with Crippen LogP contribution in [0.25, 0.3) is 0 Å². The highest BCUT2D eigenvalue weighted by molar-refractivity contribution is 14.1. The summed E-state index contributed by atoms with van der Waals surface area (Å²) >= 11 is 2.18. The Morgan fingerprint density at radius 2 is 1.56 bits per heavy atom. The van der Waals surface area contributed by atoms with Crippen molar-refractivity contribution < 1.29 is 17.9 Å². The molecule has 1 N–H and O–H groups in total. The number of sulfonamides is 1. The van der Waals surface area contributed by atoms with Crippen LogP contribution in [0.15, 0.2) is 72.8 Å². The lowest BCUT2D eigenvalue weighted by molar-refractivity contribution is 0.0947. The van der Waals surface area contributed by atoms with Crippen LogP contribution in [0.1, 0.15) is 34.8 Å². The van der Waals surface area contributed by atoms with Crippen LogP contribution in [0.4, 0.5) is 5.69 Å². The molecule has 3 rings (SSSR count). The van der Waals surface area contributed by atoms with Crippen molar-refractivity contribution in [3.63, 3.8) is 0 Å². The van der Waals surface area contributed by atoms with Gasteiger partial charge in [0, 0.05) is 9.13 Å². The number of anilines is 1. The summed E-state index contributed by atoms with van der Waals surface area (Å²) in [6.45, 7) is 3.09. The summed E-state index contributed by atoms with van der Waals surface area (Å²) in [5.41, 5.74) is 3.18. The number of hydrogen-bond donors (Lipinski definition) is 1.